The number of piperidine rings is 1. The maximum absolute atomic E-state index is 5.42. The molecule has 1 atom stereocenters. The molecule has 0 aromatic carbocycles. The van der Waals surface area contributed by atoms with Crippen molar-refractivity contribution in [2.45, 2.75) is 44.9 Å². The second-order valence-electron chi connectivity index (χ2n) is 6.40. The predicted molar refractivity (Wildman–Crippen MR) is 84.9 cm³/mol. The van der Waals surface area contributed by atoms with Gasteiger partial charge in [-0.15, -0.1) is 0 Å². The van der Waals surface area contributed by atoms with E-state index in [1.54, 1.807) is 7.11 Å². The average molecular weight is 324 g/mol. The minimum atomic E-state index is 0.407. The van der Waals surface area contributed by atoms with Crippen molar-refractivity contribution in [2.24, 2.45) is 0 Å². The second kappa shape index (κ2) is 8.73. The Hall–Kier alpha value is -1.02. The lowest BCUT2D eigenvalue weighted by atomic mass is 9.99. The first kappa shape index (κ1) is 16.8. The fourth-order valence-corrected chi connectivity index (χ4v) is 3.47. The van der Waals surface area contributed by atoms with Crippen LogP contribution in [0.2, 0.25) is 0 Å². The molecule has 2 saturated heterocycles. The molecule has 1 aromatic rings. The topological polar surface area (TPSA) is 63.9 Å². The Labute approximate surface area is 137 Å². The number of morpholine rings is 1. The normalized spacial score (nSPS) is 24.1. The van der Waals surface area contributed by atoms with E-state index in [4.69, 9.17) is 14.0 Å². The molecule has 2 fully saturated rings. The fraction of sp³-hybridized carbons (Fsp3) is 0.875. The van der Waals surface area contributed by atoms with Gasteiger partial charge < -0.3 is 14.0 Å². The largest absolute Gasteiger partial charge is 0.379 e. The summed E-state index contributed by atoms with van der Waals surface area (Å²) in [5.74, 6) is 1.33. The second-order valence-corrected chi connectivity index (χ2v) is 6.40. The van der Waals surface area contributed by atoms with Crippen LogP contribution in [-0.2, 0) is 22.6 Å². The van der Waals surface area contributed by atoms with Gasteiger partial charge in [0, 0.05) is 26.2 Å². The molecule has 0 saturated carbocycles. The first-order valence-electron chi connectivity index (χ1n) is 8.69. The lowest BCUT2D eigenvalue weighted by molar-refractivity contribution is 0.0294. The Balaban J connectivity index is 1.50. The third-order valence-corrected chi connectivity index (χ3v) is 4.75. The van der Waals surface area contributed by atoms with Crippen LogP contribution in [0.25, 0.3) is 0 Å². The van der Waals surface area contributed by atoms with E-state index in [-0.39, 0.29) is 0 Å². The van der Waals surface area contributed by atoms with E-state index < -0.39 is 0 Å². The Morgan fingerprint density at radius 3 is 2.91 bits per heavy atom. The van der Waals surface area contributed by atoms with Gasteiger partial charge in [-0.2, -0.15) is 4.98 Å². The van der Waals surface area contributed by atoms with Crippen LogP contribution in [0.4, 0.5) is 0 Å². The minimum Gasteiger partial charge on any atom is -0.379 e. The number of aromatic nitrogens is 2. The standard InChI is InChI=1S/C16H28N4O3/c1-21-13-15-17-16(23-18-15)12-20-6-3-2-4-14(20)5-7-19-8-10-22-11-9-19/h14H,2-13H2,1H3/t14-/m1/s1. The molecule has 0 amide bonds. The van der Waals surface area contributed by atoms with Crippen molar-refractivity contribution in [3.8, 4) is 0 Å². The molecule has 0 spiro atoms. The van der Waals surface area contributed by atoms with E-state index in [0.717, 1.165) is 45.9 Å². The molecule has 0 bridgehead atoms. The smallest absolute Gasteiger partial charge is 0.240 e. The van der Waals surface area contributed by atoms with Gasteiger partial charge in [0.2, 0.25) is 5.89 Å². The first-order valence-corrected chi connectivity index (χ1v) is 8.69. The maximum Gasteiger partial charge on any atom is 0.240 e. The number of ether oxygens (including phenoxy) is 2. The molecule has 2 aliphatic rings. The van der Waals surface area contributed by atoms with Crippen LogP contribution in [0.15, 0.2) is 4.52 Å². The highest BCUT2D eigenvalue weighted by atomic mass is 16.5. The van der Waals surface area contributed by atoms with Gasteiger partial charge in [0.25, 0.3) is 0 Å². The molecule has 0 unspecified atom stereocenters. The number of rotatable bonds is 7. The third-order valence-electron chi connectivity index (χ3n) is 4.75. The molecule has 23 heavy (non-hydrogen) atoms. The summed E-state index contributed by atoms with van der Waals surface area (Å²) in [5, 5.41) is 3.96. The van der Waals surface area contributed by atoms with Gasteiger partial charge in [0.1, 0.15) is 6.61 Å². The zero-order valence-corrected chi connectivity index (χ0v) is 14.1. The highest BCUT2D eigenvalue weighted by Gasteiger charge is 2.25. The molecule has 1 aromatic heterocycles. The SMILES string of the molecule is COCc1noc(CN2CCCC[C@@H]2CCN2CCOCC2)n1. The molecule has 0 radical (unpaired) electrons. The molecule has 0 aliphatic carbocycles. The monoisotopic (exact) mass is 324 g/mol. The summed E-state index contributed by atoms with van der Waals surface area (Å²) in [6, 6.07) is 0.615. The van der Waals surface area contributed by atoms with Gasteiger partial charge in [-0.1, -0.05) is 11.6 Å². The van der Waals surface area contributed by atoms with Crippen LogP contribution in [0.5, 0.6) is 0 Å². The summed E-state index contributed by atoms with van der Waals surface area (Å²) in [4.78, 5) is 9.43. The van der Waals surface area contributed by atoms with Crippen LogP contribution >= 0.6 is 0 Å². The van der Waals surface area contributed by atoms with Crippen molar-refractivity contribution in [2.75, 3.05) is 46.5 Å². The summed E-state index contributed by atoms with van der Waals surface area (Å²) < 4.78 is 15.8. The number of methoxy groups -OCH3 is 1. The van der Waals surface area contributed by atoms with Crippen LogP contribution in [0, 0.1) is 0 Å². The maximum atomic E-state index is 5.42. The van der Waals surface area contributed by atoms with Gasteiger partial charge in [-0.25, -0.2) is 0 Å². The summed E-state index contributed by atoms with van der Waals surface area (Å²) in [6.07, 6.45) is 5.05. The Morgan fingerprint density at radius 2 is 2.09 bits per heavy atom. The summed E-state index contributed by atoms with van der Waals surface area (Å²) >= 11 is 0. The Kier molecular flexibility index (Phi) is 6.38. The fourth-order valence-electron chi connectivity index (χ4n) is 3.47. The van der Waals surface area contributed by atoms with Crippen molar-refractivity contribution >= 4 is 0 Å². The lowest BCUT2D eigenvalue weighted by Gasteiger charge is -2.36. The van der Waals surface area contributed by atoms with Crippen LogP contribution in [-0.4, -0.2) is 72.5 Å². The number of hydrogen-bond acceptors (Lipinski definition) is 7. The van der Waals surface area contributed by atoms with Crippen LogP contribution in [0.3, 0.4) is 0 Å². The molecule has 7 heteroatoms. The predicted octanol–water partition coefficient (Wildman–Crippen LogP) is 1.29. The molecular formula is C16H28N4O3. The summed E-state index contributed by atoms with van der Waals surface area (Å²) in [5.41, 5.74) is 0. The summed E-state index contributed by atoms with van der Waals surface area (Å²) in [6.45, 7) is 7.32. The summed E-state index contributed by atoms with van der Waals surface area (Å²) in [7, 11) is 1.64. The van der Waals surface area contributed by atoms with E-state index in [2.05, 4.69) is 19.9 Å². The van der Waals surface area contributed by atoms with E-state index in [1.807, 2.05) is 0 Å². The van der Waals surface area contributed by atoms with Gasteiger partial charge >= 0.3 is 0 Å². The van der Waals surface area contributed by atoms with E-state index in [0.29, 0.717) is 24.4 Å². The minimum absolute atomic E-state index is 0.407. The number of likely N-dealkylation sites (tertiary alicyclic amines) is 1. The first-order chi connectivity index (χ1) is 11.3. The zero-order chi connectivity index (χ0) is 15.9. The van der Waals surface area contributed by atoms with E-state index in [1.165, 1.54) is 25.7 Å². The molecule has 3 heterocycles. The third kappa shape index (κ3) is 4.97. The van der Waals surface area contributed by atoms with E-state index in [9.17, 15) is 0 Å². The van der Waals surface area contributed by atoms with Crippen molar-refractivity contribution in [3.63, 3.8) is 0 Å². The van der Waals surface area contributed by atoms with Gasteiger partial charge in [0.05, 0.1) is 19.8 Å². The molecule has 3 rings (SSSR count). The molecule has 7 nitrogen and oxygen atoms in total. The Morgan fingerprint density at radius 1 is 1.22 bits per heavy atom. The Bertz CT molecular complexity index is 462. The highest BCUT2D eigenvalue weighted by Crippen LogP contribution is 2.22. The van der Waals surface area contributed by atoms with E-state index >= 15 is 0 Å². The van der Waals surface area contributed by atoms with Crippen molar-refractivity contribution < 1.29 is 14.0 Å². The lowest BCUT2D eigenvalue weighted by Crippen LogP contribution is -2.43. The zero-order valence-electron chi connectivity index (χ0n) is 14.1. The molecule has 2 aliphatic heterocycles. The molecule has 0 N–H and O–H groups in total. The molecule has 130 valence electrons. The van der Waals surface area contributed by atoms with Gasteiger partial charge in [-0.05, 0) is 32.4 Å². The van der Waals surface area contributed by atoms with Crippen molar-refractivity contribution in [1.82, 2.24) is 19.9 Å². The van der Waals surface area contributed by atoms with Crippen molar-refractivity contribution in [1.29, 1.82) is 0 Å². The van der Waals surface area contributed by atoms with Crippen LogP contribution in [0.1, 0.15) is 37.4 Å². The van der Waals surface area contributed by atoms with Gasteiger partial charge in [-0.3, -0.25) is 9.80 Å². The van der Waals surface area contributed by atoms with Crippen molar-refractivity contribution in [3.05, 3.63) is 11.7 Å². The quantitative estimate of drug-likeness (QED) is 0.749. The highest BCUT2D eigenvalue weighted by molar-refractivity contribution is 4.87. The number of nitrogens with zero attached hydrogens (tertiary/aromatic N) is 4. The average Bonchev–Trinajstić information content (AvgIpc) is 3.03. The number of hydrogen-bond donors (Lipinski definition) is 0. The van der Waals surface area contributed by atoms with Gasteiger partial charge in [0.15, 0.2) is 5.82 Å². The van der Waals surface area contributed by atoms with Crippen LogP contribution < -0.4 is 0 Å². The molecular weight excluding hydrogens is 296 g/mol.